The van der Waals surface area contributed by atoms with Crippen LogP contribution < -0.4 is 5.23 Å². The Hall–Kier alpha value is -1.03. The highest BCUT2D eigenvalue weighted by atomic mass is 19.1. The quantitative estimate of drug-likeness (QED) is 0.661. The van der Waals surface area contributed by atoms with Gasteiger partial charge in [0.05, 0.1) is 0 Å². The molecule has 11 heavy (non-hydrogen) atoms. The van der Waals surface area contributed by atoms with Crippen molar-refractivity contribution in [3.05, 3.63) is 30.1 Å². The minimum Gasteiger partial charge on any atom is -0.422 e. The molecule has 0 amide bonds. The van der Waals surface area contributed by atoms with Gasteiger partial charge in [-0.05, 0) is 24.3 Å². The van der Waals surface area contributed by atoms with Gasteiger partial charge >= 0.3 is 7.62 Å². The van der Waals surface area contributed by atoms with Gasteiger partial charge in [-0.15, -0.1) is 0 Å². The number of nitrogens with one attached hydrogen (secondary N) is 1. The molecule has 0 aliphatic heterocycles. The predicted octanol–water partition coefficient (Wildman–Crippen LogP) is 1.42. The van der Waals surface area contributed by atoms with Crippen LogP contribution in [0.25, 0.3) is 0 Å². The van der Waals surface area contributed by atoms with Gasteiger partial charge < -0.3 is 9.88 Å². The number of hydrogen-bond donors (Lipinski definition) is 1. The van der Waals surface area contributed by atoms with Crippen molar-refractivity contribution in [2.45, 2.75) is 0 Å². The van der Waals surface area contributed by atoms with E-state index in [1.54, 1.807) is 12.1 Å². The molecule has 2 nitrogen and oxygen atoms in total. The van der Waals surface area contributed by atoms with Crippen LogP contribution in [0.2, 0.25) is 0 Å². The van der Waals surface area contributed by atoms with Gasteiger partial charge in [0.15, 0.2) is 0 Å². The molecule has 57 valence electrons. The van der Waals surface area contributed by atoms with Crippen LogP contribution >= 0.6 is 0 Å². The average molecular weight is 152 g/mol. The number of halogens is 1. The Morgan fingerprint density at radius 3 is 2.55 bits per heavy atom. The topological polar surface area (TPSA) is 21.3 Å². The van der Waals surface area contributed by atoms with Crippen molar-refractivity contribution in [2.75, 3.05) is 12.3 Å². The first-order chi connectivity index (χ1) is 5.33. The number of hydrogen-bond acceptors (Lipinski definition) is 2. The van der Waals surface area contributed by atoms with E-state index < -0.39 is 0 Å². The molecule has 0 aliphatic rings. The van der Waals surface area contributed by atoms with Crippen LogP contribution in [0.4, 0.5) is 10.1 Å². The molecular formula is C7H8BFNO. The molecule has 0 fully saturated rings. The third-order valence-electron chi connectivity index (χ3n) is 1.19. The summed E-state index contributed by atoms with van der Waals surface area (Å²) in [5.41, 5.74) is 0.799. The van der Waals surface area contributed by atoms with Gasteiger partial charge in [0.2, 0.25) is 0 Å². The van der Waals surface area contributed by atoms with Gasteiger partial charge in [-0.1, -0.05) is 0 Å². The fraction of sp³-hybridized carbons (Fsp3) is 0.143. The Balaban J connectivity index is 2.52. The van der Waals surface area contributed by atoms with Crippen molar-refractivity contribution in [1.82, 2.24) is 0 Å². The lowest BCUT2D eigenvalue weighted by atomic mass is 10.2. The van der Waals surface area contributed by atoms with E-state index in [1.807, 2.05) is 0 Å². The minimum absolute atomic E-state index is 0.243. The fourth-order valence-electron chi connectivity index (χ4n) is 0.673. The summed E-state index contributed by atoms with van der Waals surface area (Å²) < 4.78 is 17.0. The molecule has 1 N–H and O–H groups in total. The monoisotopic (exact) mass is 152 g/mol. The van der Waals surface area contributed by atoms with E-state index in [0.29, 0.717) is 0 Å². The molecule has 4 heteroatoms. The summed E-state index contributed by atoms with van der Waals surface area (Å²) in [6.45, 7) is 0. The van der Waals surface area contributed by atoms with Crippen molar-refractivity contribution in [2.24, 2.45) is 0 Å². The second kappa shape index (κ2) is 3.98. The third-order valence-corrected chi connectivity index (χ3v) is 1.19. The molecule has 0 saturated heterocycles. The maximum atomic E-state index is 12.3. The molecule has 1 aromatic carbocycles. The van der Waals surface area contributed by atoms with Gasteiger partial charge in [0.25, 0.3) is 0 Å². The van der Waals surface area contributed by atoms with E-state index in [9.17, 15) is 4.39 Å². The first kappa shape index (κ1) is 8.08. The lowest BCUT2D eigenvalue weighted by Crippen LogP contribution is -2.07. The summed E-state index contributed by atoms with van der Waals surface area (Å²) in [7, 11) is 2.96. The Kier molecular flexibility index (Phi) is 2.92. The van der Waals surface area contributed by atoms with Crippen LogP contribution in [0.5, 0.6) is 0 Å². The van der Waals surface area contributed by atoms with E-state index >= 15 is 0 Å². The van der Waals surface area contributed by atoms with Gasteiger partial charge in [0, 0.05) is 12.8 Å². The second-order valence-electron chi connectivity index (χ2n) is 2.00. The van der Waals surface area contributed by atoms with Crippen LogP contribution in [0.3, 0.4) is 0 Å². The molecule has 0 atom stereocenters. The summed E-state index contributed by atoms with van der Waals surface area (Å²) in [6.07, 6.45) is 0. The predicted molar refractivity (Wildman–Crippen MR) is 42.8 cm³/mol. The zero-order valence-corrected chi connectivity index (χ0v) is 6.17. The normalized spacial score (nSPS) is 9.27. The van der Waals surface area contributed by atoms with Crippen LogP contribution in [0.1, 0.15) is 0 Å². The first-order valence-electron chi connectivity index (χ1n) is 3.19. The Bertz CT molecular complexity index is 214. The maximum Gasteiger partial charge on any atom is 0.435 e. The lowest BCUT2D eigenvalue weighted by molar-refractivity contribution is 0.446. The lowest BCUT2D eigenvalue weighted by Gasteiger charge is -2.00. The number of rotatable bonds is 3. The van der Waals surface area contributed by atoms with Gasteiger partial charge in [-0.3, -0.25) is 0 Å². The van der Waals surface area contributed by atoms with Crippen molar-refractivity contribution in [1.29, 1.82) is 0 Å². The SMILES string of the molecule is CO[B]Nc1ccc(F)cc1. The molecule has 0 bridgehead atoms. The Morgan fingerprint density at radius 2 is 2.00 bits per heavy atom. The Labute approximate surface area is 65.7 Å². The van der Waals surface area contributed by atoms with Crippen LogP contribution in [0, 0.1) is 5.82 Å². The highest BCUT2D eigenvalue weighted by Crippen LogP contribution is 2.06. The minimum atomic E-state index is -0.243. The van der Waals surface area contributed by atoms with Crippen LogP contribution in [-0.4, -0.2) is 14.7 Å². The zero-order chi connectivity index (χ0) is 8.10. The molecule has 1 aromatic rings. The fourth-order valence-corrected chi connectivity index (χ4v) is 0.673. The van der Waals surface area contributed by atoms with E-state index in [1.165, 1.54) is 26.9 Å². The third kappa shape index (κ3) is 2.59. The highest BCUT2D eigenvalue weighted by molar-refractivity contribution is 6.32. The van der Waals surface area contributed by atoms with Gasteiger partial charge in [-0.2, -0.15) is 0 Å². The maximum absolute atomic E-state index is 12.3. The molecule has 0 aromatic heterocycles. The smallest absolute Gasteiger partial charge is 0.422 e. The average Bonchev–Trinajstić information content (AvgIpc) is 2.04. The largest absolute Gasteiger partial charge is 0.435 e. The van der Waals surface area contributed by atoms with Crippen molar-refractivity contribution in [3.63, 3.8) is 0 Å². The summed E-state index contributed by atoms with van der Waals surface area (Å²) in [6, 6.07) is 6.02. The number of anilines is 1. The van der Waals surface area contributed by atoms with E-state index in [0.717, 1.165) is 5.69 Å². The van der Waals surface area contributed by atoms with Crippen molar-refractivity contribution in [3.8, 4) is 0 Å². The van der Waals surface area contributed by atoms with Gasteiger partial charge in [-0.25, -0.2) is 4.39 Å². The van der Waals surface area contributed by atoms with Crippen LogP contribution in [0.15, 0.2) is 24.3 Å². The van der Waals surface area contributed by atoms with E-state index in [4.69, 9.17) is 0 Å². The zero-order valence-electron chi connectivity index (χ0n) is 6.17. The van der Waals surface area contributed by atoms with Crippen molar-refractivity contribution < 1.29 is 9.04 Å². The molecule has 0 saturated carbocycles. The van der Waals surface area contributed by atoms with E-state index in [2.05, 4.69) is 9.88 Å². The molecule has 1 radical (unpaired) electrons. The highest BCUT2D eigenvalue weighted by Gasteiger charge is 1.92. The second-order valence-corrected chi connectivity index (χ2v) is 2.00. The summed E-state index contributed by atoms with van der Waals surface area (Å²) in [5.74, 6) is -0.243. The molecular weight excluding hydrogens is 144 g/mol. The molecule has 0 spiro atoms. The standard InChI is InChI=1S/C7H8BFNO/c1-11-8-10-7-4-2-6(9)3-5-7/h2-5,10H,1H3. The first-order valence-corrected chi connectivity index (χ1v) is 3.19. The molecule has 0 heterocycles. The summed E-state index contributed by atoms with van der Waals surface area (Å²) >= 11 is 0. The molecule has 0 unspecified atom stereocenters. The summed E-state index contributed by atoms with van der Waals surface area (Å²) in [5, 5.41) is 2.81. The number of benzene rings is 1. The molecule has 1 rings (SSSR count). The summed E-state index contributed by atoms with van der Waals surface area (Å²) in [4.78, 5) is 0. The Morgan fingerprint density at radius 1 is 1.36 bits per heavy atom. The van der Waals surface area contributed by atoms with Crippen molar-refractivity contribution >= 4 is 13.3 Å². The van der Waals surface area contributed by atoms with Crippen LogP contribution in [-0.2, 0) is 4.65 Å². The van der Waals surface area contributed by atoms with E-state index in [-0.39, 0.29) is 5.82 Å². The van der Waals surface area contributed by atoms with Gasteiger partial charge in [0.1, 0.15) is 5.82 Å². The molecule has 0 aliphatic carbocycles.